The van der Waals surface area contributed by atoms with Crippen LogP contribution in [0.25, 0.3) is 0 Å². The first-order chi connectivity index (χ1) is 6.06. The number of aryl methyl sites for hydroxylation is 1. The monoisotopic (exact) mass is 186 g/mol. The number of nitrogens with zero attached hydrogens (tertiary/aromatic N) is 2. The van der Waals surface area contributed by atoms with E-state index in [1.54, 1.807) is 13.1 Å². The van der Waals surface area contributed by atoms with Crippen molar-refractivity contribution in [1.82, 2.24) is 9.78 Å². The molecule has 13 heavy (non-hydrogen) atoms. The molecule has 0 aromatic carbocycles. The first-order valence-electron chi connectivity index (χ1n) is 4.35. The van der Waals surface area contributed by atoms with Crippen LogP contribution < -0.4 is 0 Å². The van der Waals surface area contributed by atoms with Crippen LogP contribution in [-0.2, 0) is 7.05 Å². The second-order valence-electron chi connectivity index (χ2n) is 3.42. The van der Waals surface area contributed by atoms with Crippen molar-refractivity contribution < 1.29 is 9.50 Å². The smallest absolute Gasteiger partial charge is 0.164 e. The summed E-state index contributed by atoms with van der Waals surface area (Å²) in [5.74, 6) is 0.283. The molecule has 0 saturated heterocycles. The maximum atomic E-state index is 13.1. The second-order valence-corrected chi connectivity index (χ2v) is 3.42. The van der Waals surface area contributed by atoms with Gasteiger partial charge in [-0.1, -0.05) is 13.8 Å². The molecule has 1 aromatic heterocycles. The van der Waals surface area contributed by atoms with Crippen LogP contribution in [-0.4, -0.2) is 21.5 Å². The minimum atomic E-state index is -1.33. The molecule has 0 aliphatic carbocycles. The molecule has 0 bridgehead atoms. The summed E-state index contributed by atoms with van der Waals surface area (Å²) < 4.78 is 14.6. The van der Waals surface area contributed by atoms with E-state index in [2.05, 4.69) is 5.10 Å². The normalized spacial score (nSPS) is 13.7. The lowest BCUT2D eigenvalue weighted by atomic mass is 10.1. The Morgan fingerprint density at radius 2 is 2.23 bits per heavy atom. The fourth-order valence-corrected chi connectivity index (χ4v) is 1.17. The molecule has 0 radical (unpaired) electrons. The lowest BCUT2D eigenvalue weighted by molar-refractivity contribution is 0.173. The third-order valence-electron chi connectivity index (χ3n) is 2.01. The molecule has 74 valence electrons. The Balaban J connectivity index is 2.96. The van der Waals surface area contributed by atoms with Crippen molar-refractivity contribution in [2.75, 3.05) is 6.61 Å². The number of alkyl halides is 1. The van der Waals surface area contributed by atoms with E-state index in [1.807, 2.05) is 13.8 Å². The molecule has 0 fully saturated rings. The van der Waals surface area contributed by atoms with E-state index in [0.29, 0.717) is 5.69 Å². The van der Waals surface area contributed by atoms with Crippen molar-refractivity contribution in [1.29, 1.82) is 0 Å². The first-order valence-corrected chi connectivity index (χ1v) is 4.35. The number of aromatic nitrogens is 2. The van der Waals surface area contributed by atoms with Crippen LogP contribution in [0.4, 0.5) is 4.39 Å². The summed E-state index contributed by atoms with van der Waals surface area (Å²) in [7, 11) is 1.68. The third kappa shape index (κ3) is 2.06. The standard InChI is InChI=1S/C9H15FN2O/c1-6(2)8-4-9(7(10)5-13)12(3)11-8/h4,6-7,13H,5H2,1-3H3. The summed E-state index contributed by atoms with van der Waals surface area (Å²) in [5, 5.41) is 12.8. The topological polar surface area (TPSA) is 38.0 Å². The molecule has 0 spiro atoms. The van der Waals surface area contributed by atoms with Crippen molar-refractivity contribution >= 4 is 0 Å². The van der Waals surface area contributed by atoms with E-state index in [0.717, 1.165) is 5.69 Å². The zero-order valence-corrected chi connectivity index (χ0v) is 8.16. The van der Waals surface area contributed by atoms with Gasteiger partial charge in [0.25, 0.3) is 0 Å². The molecule has 1 aromatic rings. The lowest BCUT2D eigenvalue weighted by Crippen LogP contribution is -2.04. The molecule has 0 saturated carbocycles. The molecule has 1 unspecified atom stereocenters. The SMILES string of the molecule is CC(C)c1cc(C(F)CO)n(C)n1. The second kappa shape index (κ2) is 3.87. The molecule has 1 heterocycles. The lowest BCUT2D eigenvalue weighted by Gasteiger charge is -2.03. The van der Waals surface area contributed by atoms with Gasteiger partial charge in [-0.25, -0.2) is 4.39 Å². The maximum Gasteiger partial charge on any atom is 0.164 e. The Labute approximate surface area is 77.2 Å². The maximum absolute atomic E-state index is 13.1. The summed E-state index contributed by atoms with van der Waals surface area (Å²) >= 11 is 0. The highest BCUT2D eigenvalue weighted by molar-refractivity contribution is 5.15. The molecule has 4 heteroatoms. The number of aliphatic hydroxyl groups excluding tert-OH is 1. The Kier molecular flexibility index (Phi) is 3.03. The molecule has 1 N–H and O–H groups in total. The first kappa shape index (κ1) is 10.2. The zero-order valence-electron chi connectivity index (χ0n) is 8.16. The van der Waals surface area contributed by atoms with Crippen molar-refractivity contribution in [3.8, 4) is 0 Å². The van der Waals surface area contributed by atoms with Gasteiger partial charge in [-0.3, -0.25) is 4.68 Å². The largest absolute Gasteiger partial charge is 0.393 e. The van der Waals surface area contributed by atoms with Crippen LogP contribution in [0.2, 0.25) is 0 Å². The van der Waals surface area contributed by atoms with Gasteiger partial charge in [-0.2, -0.15) is 5.10 Å². The number of halogens is 1. The third-order valence-corrected chi connectivity index (χ3v) is 2.01. The van der Waals surface area contributed by atoms with Crippen LogP contribution in [0.1, 0.15) is 37.3 Å². The van der Waals surface area contributed by atoms with Crippen molar-refractivity contribution in [3.63, 3.8) is 0 Å². The van der Waals surface area contributed by atoms with E-state index >= 15 is 0 Å². The zero-order chi connectivity index (χ0) is 10.0. The highest BCUT2D eigenvalue weighted by atomic mass is 19.1. The minimum absolute atomic E-state index is 0.283. The predicted octanol–water partition coefficient (Wildman–Crippen LogP) is 1.55. The summed E-state index contributed by atoms with van der Waals surface area (Å²) in [4.78, 5) is 0. The summed E-state index contributed by atoms with van der Waals surface area (Å²) in [6.07, 6.45) is -1.33. The molecule has 1 atom stereocenters. The van der Waals surface area contributed by atoms with Gasteiger partial charge in [0, 0.05) is 7.05 Å². The van der Waals surface area contributed by atoms with Gasteiger partial charge in [0.05, 0.1) is 18.0 Å². The summed E-state index contributed by atoms with van der Waals surface area (Å²) in [6.45, 7) is 3.51. The number of hydrogen-bond donors (Lipinski definition) is 1. The van der Waals surface area contributed by atoms with E-state index in [-0.39, 0.29) is 5.92 Å². The van der Waals surface area contributed by atoms with Crippen molar-refractivity contribution in [3.05, 3.63) is 17.5 Å². The number of hydrogen-bond acceptors (Lipinski definition) is 2. The summed E-state index contributed by atoms with van der Waals surface area (Å²) in [5.41, 5.74) is 1.29. The minimum Gasteiger partial charge on any atom is -0.393 e. The average molecular weight is 186 g/mol. The van der Waals surface area contributed by atoms with E-state index in [1.165, 1.54) is 4.68 Å². The molecule has 0 amide bonds. The molecular weight excluding hydrogens is 171 g/mol. The van der Waals surface area contributed by atoms with Gasteiger partial charge in [0.15, 0.2) is 6.17 Å². The van der Waals surface area contributed by atoms with E-state index in [9.17, 15) is 4.39 Å². The van der Waals surface area contributed by atoms with Crippen LogP contribution in [0, 0.1) is 0 Å². The van der Waals surface area contributed by atoms with E-state index in [4.69, 9.17) is 5.11 Å². The average Bonchev–Trinajstić information content (AvgIpc) is 2.46. The Hall–Kier alpha value is -0.900. The van der Waals surface area contributed by atoms with Gasteiger partial charge in [0.1, 0.15) is 0 Å². The molecule has 3 nitrogen and oxygen atoms in total. The number of rotatable bonds is 3. The molecule has 0 aliphatic heterocycles. The van der Waals surface area contributed by atoms with Gasteiger partial charge >= 0.3 is 0 Å². The van der Waals surface area contributed by atoms with Gasteiger partial charge < -0.3 is 5.11 Å². The Bertz CT molecular complexity index is 283. The quantitative estimate of drug-likeness (QED) is 0.777. The summed E-state index contributed by atoms with van der Waals surface area (Å²) in [6, 6.07) is 1.70. The molecular formula is C9H15FN2O. The molecule has 1 rings (SSSR count). The van der Waals surface area contributed by atoms with Crippen molar-refractivity contribution in [2.45, 2.75) is 25.9 Å². The highest BCUT2D eigenvalue weighted by Crippen LogP contribution is 2.20. The highest BCUT2D eigenvalue weighted by Gasteiger charge is 2.15. The Morgan fingerprint density at radius 1 is 1.62 bits per heavy atom. The van der Waals surface area contributed by atoms with Crippen LogP contribution in [0.3, 0.4) is 0 Å². The Morgan fingerprint density at radius 3 is 2.62 bits per heavy atom. The van der Waals surface area contributed by atoms with E-state index < -0.39 is 12.8 Å². The molecule has 0 aliphatic rings. The van der Waals surface area contributed by atoms with Crippen LogP contribution in [0.15, 0.2) is 6.07 Å². The predicted molar refractivity (Wildman–Crippen MR) is 48.2 cm³/mol. The fraction of sp³-hybridized carbons (Fsp3) is 0.667. The fourth-order valence-electron chi connectivity index (χ4n) is 1.17. The van der Waals surface area contributed by atoms with Gasteiger partial charge in [0.2, 0.25) is 0 Å². The van der Waals surface area contributed by atoms with Gasteiger partial charge in [-0.15, -0.1) is 0 Å². The van der Waals surface area contributed by atoms with Gasteiger partial charge in [-0.05, 0) is 12.0 Å². The number of aliphatic hydroxyl groups is 1. The van der Waals surface area contributed by atoms with Crippen molar-refractivity contribution in [2.24, 2.45) is 7.05 Å². The van der Waals surface area contributed by atoms with Crippen LogP contribution >= 0.6 is 0 Å². The van der Waals surface area contributed by atoms with Crippen LogP contribution in [0.5, 0.6) is 0 Å².